The second-order valence-electron chi connectivity index (χ2n) is 7.62. The normalized spacial score (nSPS) is 10.7. The Morgan fingerprint density at radius 3 is 2.45 bits per heavy atom. The largest absolute Gasteiger partial charge is 0.366 e. The number of pyridine rings is 1. The summed E-state index contributed by atoms with van der Waals surface area (Å²) in [7, 11) is 1.63. The minimum atomic E-state index is -0.523. The van der Waals surface area contributed by atoms with Crippen LogP contribution >= 0.6 is 0 Å². The molecule has 0 saturated carbocycles. The molecule has 0 fully saturated rings. The average molecular weight is 440 g/mol. The van der Waals surface area contributed by atoms with E-state index < -0.39 is 5.91 Å². The van der Waals surface area contributed by atoms with Gasteiger partial charge in [0.15, 0.2) is 0 Å². The van der Waals surface area contributed by atoms with Gasteiger partial charge in [-0.15, -0.1) is 0 Å². The van der Waals surface area contributed by atoms with Gasteiger partial charge in [0.2, 0.25) is 11.8 Å². The van der Waals surface area contributed by atoms with Crippen LogP contribution in [0, 0.1) is 0 Å². The van der Waals surface area contributed by atoms with Gasteiger partial charge in [-0.05, 0) is 54.3 Å². The molecule has 2 aromatic heterocycles. The zero-order valence-electron chi connectivity index (χ0n) is 18.4. The van der Waals surface area contributed by atoms with E-state index in [4.69, 9.17) is 10.7 Å². The smallest absolute Gasteiger partial charge is 0.249 e. The van der Waals surface area contributed by atoms with Crippen molar-refractivity contribution in [1.82, 2.24) is 19.9 Å². The fourth-order valence-corrected chi connectivity index (χ4v) is 3.84. The van der Waals surface area contributed by atoms with Crippen molar-refractivity contribution in [3.8, 4) is 28.2 Å². The van der Waals surface area contributed by atoms with E-state index in [1.807, 2.05) is 65.4 Å². The SMILES string of the molecule is CNC(=O)CCCc1cn(-c2ccccc2)c(-c2c(C(N)=O)cccc2-c2ccncc2)n1. The highest BCUT2D eigenvalue weighted by Crippen LogP contribution is 2.35. The molecule has 166 valence electrons. The van der Waals surface area contributed by atoms with E-state index in [0.717, 1.165) is 22.5 Å². The highest BCUT2D eigenvalue weighted by atomic mass is 16.1. The summed E-state index contributed by atoms with van der Waals surface area (Å²) in [4.78, 5) is 33.1. The van der Waals surface area contributed by atoms with Crippen LogP contribution in [0.15, 0.2) is 79.3 Å². The lowest BCUT2D eigenvalue weighted by atomic mass is 9.95. The van der Waals surface area contributed by atoms with Crippen molar-refractivity contribution in [1.29, 1.82) is 0 Å². The number of nitrogens with zero attached hydrogens (tertiary/aromatic N) is 3. The quantitative estimate of drug-likeness (QED) is 0.436. The van der Waals surface area contributed by atoms with Crippen LogP contribution in [0.1, 0.15) is 28.9 Å². The van der Waals surface area contributed by atoms with Crippen LogP contribution in [-0.2, 0) is 11.2 Å². The van der Waals surface area contributed by atoms with Crippen LogP contribution < -0.4 is 11.1 Å². The molecule has 0 saturated heterocycles. The molecular weight excluding hydrogens is 414 g/mol. The number of para-hydroxylation sites is 1. The van der Waals surface area contributed by atoms with E-state index in [2.05, 4.69) is 10.3 Å². The molecule has 0 spiro atoms. The number of hydrogen-bond donors (Lipinski definition) is 2. The Labute approximate surface area is 192 Å². The van der Waals surface area contributed by atoms with E-state index in [0.29, 0.717) is 36.2 Å². The zero-order valence-corrected chi connectivity index (χ0v) is 18.4. The minimum Gasteiger partial charge on any atom is -0.366 e. The zero-order chi connectivity index (χ0) is 23.2. The van der Waals surface area contributed by atoms with Gasteiger partial charge in [0.25, 0.3) is 0 Å². The summed E-state index contributed by atoms with van der Waals surface area (Å²) in [6, 6.07) is 19.1. The molecule has 0 aliphatic carbocycles. The summed E-state index contributed by atoms with van der Waals surface area (Å²) in [5, 5.41) is 2.64. The molecule has 33 heavy (non-hydrogen) atoms. The molecule has 0 atom stereocenters. The molecule has 0 aliphatic heterocycles. The van der Waals surface area contributed by atoms with Crippen LogP contribution in [0.25, 0.3) is 28.2 Å². The molecule has 0 bridgehead atoms. The molecule has 0 radical (unpaired) electrons. The monoisotopic (exact) mass is 439 g/mol. The number of nitrogens with one attached hydrogen (secondary N) is 1. The number of rotatable bonds is 8. The second kappa shape index (κ2) is 9.91. The third-order valence-corrected chi connectivity index (χ3v) is 5.45. The van der Waals surface area contributed by atoms with Gasteiger partial charge in [0.05, 0.1) is 11.3 Å². The Morgan fingerprint density at radius 2 is 1.76 bits per heavy atom. The summed E-state index contributed by atoms with van der Waals surface area (Å²) in [5.74, 6) is 0.0961. The predicted molar refractivity (Wildman–Crippen MR) is 128 cm³/mol. The van der Waals surface area contributed by atoms with Crippen LogP contribution in [-0.4, -0.2) is 33.4 Å². The number of aromatic nitrogens is 3. The highest BCUT2D eigenvalue weighted by Gasteiger charge is 2.22. The van der Waals surface area contributed by atoms with Crippen molar-refractivity contribution in [2.45, 2.75) is 19.3 Å². The summed E-state index contributed by atoms with van der Waals surface area (Å²) in [6.45, 7) is 0. The fourth-order valence-electron chi connectivity index (χ4n) is 3.84. The first-order chi connectivity index (χ1) is 16.1. The Morgan fingerprint density at radius 1 is 1.00 bits per heavy atom. The van der Waals surface area contributed by atoms with Crippen LogP contribution in [0.3, 0.4) is 0 Å². The van der Waals surface area contributed by atoms with Gasteiger partial charge in [-0.3, -0.25) is 19.1 Å². The predicted octanol–water partition coefficient (Wildman–Crippen LogP) is 3.77. The maximum Gasteiger partial charge on any atom is 0.249 e. The van der Waals surface area contributed by atoms with Crippen molar-refractivity contribution >= 4 is 11.8 Å². The van der Waals surface area contributed by atoms with Crippen molar-refractivity contribution in [3.63, 3.8) is 0 Å². The molecule has 0 aliphatic rings. The number of aryl methyl sites for hydroxylation is 1. The number of amides is 2. The minimum absolute atomic E-state index is 0.00300. The second-order valence-corrected chi connectivity index (χ2v) is 7.62. The lowest BCUT2D eigenvalue weighted by molar-refractivity contribution is -0.120. The Bertz CT molecular complexity index is 1270. The van der Waals surface area contributed by atoms with Crippen LogP contribution in [0.2, 0.25) is 0 Å². The number of nitrogens with two attached hydrogens (primary N) is 1. The first kappa shape index (κ1) is 22.0. The number of hydrogen-bond acceptors (Lipinski definition) is 4. The molecule has 7 heteroatoms. The van der Waals surface area contributed by atoms with E-state index in [9.17, 15) is 9.59 Å². The number of primary amides is 1. The summed E-state index contributed by atoms with van der Waals surface area (Å²) in [5.41, 5.74) is 10.3. The summed E-state index contributed by atoms with van der Waals surface area (Å²) in [6.07, 6.45) is 7.10. The molecule has 7 nitrogen and oxygen atoms in total. The van der Waals surface area contributed by atoms with Gasteiger partial charge in [0, 0.05) is 43.3 Å². The van der Waals surface area contributed by atoms with Crippen molar-refractivity contribution in [3.05, 3.63) is 90.5 Å². The molecule has 3 N–H and O–H groups in total. The molecular formula is C26H25N5O2. The molecule has 4 rings (SSSR count). The Balaban J connectivity index is 1.89. The molecule has 4 aromatic rings. The average Bonchev–Trinajstić information content (AvgIpc) is 3.28. The first-order valence-electron chi connectivity index (χ1n) is 10.8. The van der Waals surface area contributed by atoms with Gasteiger partial charge < -0.3 is 11.1 Å². The highest BCUT2D eigenvalue weighted by molar-refractivity contribution is 6.03. The maximum atomic E-state index is 12.4. The van der Waals surface area contributed by atoms with Crippen molar-refractivity contribution in [2.24, 2.45) is 5.73 Å². The van der Waals surface area contributed by atoms with E-state index in [1.165, 1.54) is 0 Å². The summed E-state index contributed by atoms with van der Waals surface area (Å²) < 4.78 is 1.97. The maximum absolute atomic E-state index is 12.4. The van der Waals surface area contributed by atoms with Crippen molar-refractivity contribution in [2.75, 3.05) is 7.05 Å². The van der Waals surface area contributed by atoms with Crippen LogP contribution in [0.5, 0.6) is 0 Å². The Kier molecular flexibility index (Phi) is 6.59. The number of benzene rings is 2. The Hall–Kier alpha value is -4.26. The third kappa shape index (κ3) is 4.82. The topological polar surface area (TPSA) is 103 Å². The van der Waals surface area contributed by atoms with E-state index in [1.54, 1.807) is 25.5 Å². The third-order valence-electron chi connectivity index (χ3n) is 5.45. The lowest BCUT2D eigenvalue weighted by Gasteiger charge is -2.15. The number of carbonyl (C=O) groups is 2. The molecule has 2 aromatic carbocycles. The van der Waals surface area contributed by atoms with Gasteiger partial charge in [0.1, 0.15) is 5.82 Å². The number of carbonyl (C=O) groups excluding carboxylic acids is 2. The number of imidazole rings is 1. The van der Waals surface area contributed by atoms with Crippen molar-refractivity contribution < 1.29 is 9.59 Å². The standard InChI is InChI=1S/C26H25N5O2/c1-28-23(32)12-5-7-19-17-31(20-8-3-2-4-9-20)26(30-19)24-21(18-13-15-29-16-14-18)10-6-11-22(24)25(27)33/h2-4,6,8-11,13-17H,5,7,12H2,1H3,(H2,27,33)(H,28,32). The fraction of sp³-hybridized carbons (Fsp3) is 0.154. The summed E-state index contributed by atoms with van der Waals surface area (Å²) >= 11 is 0. The van der Waals surface area contributed by atoms with E-state index in [-0.39, 0.29) is 5.91 Å². The van der Waals surface area contributed by atoms with Gasteiger partial charge in [-0.25, -0.2) is 4.98 Å². The molecule has 0 unspecified atom stereocenters. The first-order valence-corrected chi connectivity index (χ1v) is 10.8. The molecule has 2 amide bonds. The lowest BCUT2D eigenvalue weighted by Crippen LogP contribution is -2.17. The van der Waals surface area contributed by atoms with Crippen LogP contribution in [0.4, 0.5) is 0 Å². The van der Waals surface area contributed by atoms with Gasteiger partial charge >= 0.3 is 0 Å². The van der Waals surface area contributed by atoms with E-state index >= 15 is 0 Å². The molecule has 2 heterocycles. The van der Waals surface area contributed by atoms with Gasteiger partial charge in [-0.1, -0.05) is 30.3 Å². The van der Waals surface area contributed by atoms with Gasteiger partial charge in [-0.2, -0.15) is 0 Å².